The van der Waals surface area contributed by atoms with E-state index in [2.05, 4.69) is 4.72 Å². The van der Waals surface area contributed by atoms with Gasteiger partial charge >= 0.3 is 0 Å². The van der Waals surface area contributed by atoms with Crippen LogP contribution in [0.15, 0.2) is 23.1 Å². The predicted octanol–water partition coefficient (Wildman–Crippen LogP) is 2.88. The zero-order valence-corrected chi connectivity index (χ0v) is 13.7. The van der Waals surface area contributed by atoms with Gasteiger partial charge in [0.25, 0.3) is 0 Å². The van der Waals surface area contributed by atoms with Crippen LogP contribution in [0.4, 0.5) is 5.69 Å². The van der Waals surface area contributed by atoms with E-state index in [1.54, 1.807) is 17.8 Å². The van der Waals surface area contributed by atoms with Crippen LogP contribution in [-0.2, 0) is 10.0 Å². The maximum Gasteiger partial charge on any atom is 0.242 e. The Kier molecular flexibility index (Phi) is 4.89. The van der Waals surface area contributed by atoms with Crippen LogP contribution in [0.3, 0.4) is 0 Å². The molecule has 0 aliphatic heterocycles. The number of benzene rings is 1. The highest BCUT2D eigenvalue weighted by molar-refractivity contribution is 8.00. The molecule has 0 spiro atoms. The minimum absolute atomic E-state index is 0.0212. The molecule has 0 heterocycles. The zero-order chi connectivity index (χ0) is 14.8. The third-order valence-electron chi connectivity index (χ3n) is 3.78. The summed E-state index contributed by atoms with van der Waals surface area (Å²) in [7, 11) is -3.59. The molecule has 0 radical (unpaired) electrons. The summed E-state index contributed by atoms with van der Waals surface area (Å²) in [5, 5.41) is 0.155. The van der Waals surface area contributed by atoms with Gasteiger partial charge in [0.05, 0.1) is 5.02 Å². The van der Waals surface area contributed by atoms with Crippen molar-refractivity contribution in [3.63, 3.8) is 0 Å². The predicted molar refractivity (Wildman–Crippen MR) is 85.8 cm³/mol. The van der Waals surface area contributed by atoms with Gasteiger partial charge in [-0.25, -0.2) is 13.1 Å². The molecule has 4 nitrogen and oxygen atoms in total. The van der Waals surface area contributed by atoms with Crippen LogP contribution in [-0.4, -0.2) is 26.0 Å². The van der Waals surface area contributed by atoms with Crippen molar-refractivity contribution < 1.29 is 8.42 Å². The Labute approximate surface area is 129 Å². The van der Waals surface area contributed by atoms with E-state index in [1.165, 1.54) is 12.1 Å². The lowest BCUT2D eigenvalue weighted by Crippen LogP contribution is -2.38. The summed E-state index contributed by atoms with van der Waals surface area (Å²) >= 11 is 7.72. The molecule has 0 saturated heterocycles. The largest absolute Gasteiger partial charge is 0.399 e. The number of halogens is 1. The van der Waals surface area contributed by atoms with E-state index >= 15 is 0 Å². The first kappa shape index (κ1) is 15.9. The first-order valence-corrected chi connectivity index (χ1v) is 9.57. The van der Waals surface area contributed by atoms with Gasteiger partial charge in [0, 0.05) is 17.0 Å². The number of hydrogen-bond donors (Lipinski definition) is 2. The lowest BCUT2D eigenvalue weighted by atomic mass is 10.1. The molecule has 0 bridgehead atoms. The van der Waals surface area contributed by atoms with Crippen molar-refractivity contribution in [3.05, 3.63) is 23.2 Å². The molecule has 0 unspecified atom stereocenters. The Hall–Kier alpha value is -0.430. The van der Waals surface area contributed by atoms with Gasteiger partial charge < -0.3 is 5.73 Å². The summed E-state index contributed by atoms with van der Waals surface area (Å²) in [4.78, 5) is 0.0858. The Morgan fingerprint density at radius 1 is 1.40 bits per heavy atom. The molecule has 1 aliphatic carbocycles. The molecule has 0 amide bonds. The molecule has 1 saturated carbocycles. The molecule has 1 fully saturated rings. The number of nitrogens with two attached hydrogens (primary N) is 1. The van der Waals surface area contributed by atoms with Crippen molar-refractivity contribution in [2.75, 3.05) is 18.5 Å². The fourth-order valence-corrected chi connectivity index (χ4v) is 5.19. The number of sulfonamides is 1. The highest BCUT2D eigenvalue weighted by Gasteiger charge is 2.34. The number of rotatable bonds is 5. The van der Waals surface area contributed by atoms with Crippen LogP contribution in [0.2, 0.25) is 5.02 Å². The Bertz CT molecular complexity index is 584. The summed E-state index contributed by atoms with van der Waals surface area (Å²) in [6.45, 7) is 0.442. The number of anilines is 1. The Morgan fingerprint density at radius 2 is 2.05 bits per heavy atom. The summed E-state index contributed by atoms with van der Waals surface area (Å²) in [5.74, 6) is 0. The van der Waals surface area contributed by atoms with Crippen molar-refractivity contribution in [2.24, 2.45) is 0 Å². The van der Waals surface area contributed by atoms with Gasteiger partial charge in [-0.1, -0.05) is 24.4 Å². The normalized spacial score (nSPS) is 18.3. The molecule has 3 N–H and O–H groups in total. The van der Waals surface area contributed by atoms with Gasteiger partial charge in [0.1, 0.15) is 4.90 Å². The molecular weight excluding hydrogens is 316 g/mol. The average Bonchev–Trinajstić information content (AvgIpc) is 2.85. The minimum Gasteiger partial charge on any atom is -0.399 e. The highest BCUT2D eigenvalue weighted by Crippen LogP contribution is 2.40. The third-order valence-corrected chi connectivity index (χ3v) is 7.08. The second-order valence-corrected chi connectivity index (χ2v) is 8.53. The Balaban J connectivity index is 2.15. The minimum atomic E-state index is -3.59. The quantitative estimate of drug-likeness (QED) is 0.812. The number of thioether (sulfide) groups is 1. The van der Waals surface area contributed by atoms with Crippen LogP contribution < -0.4 is 10.5 Å². The maximum atomic E-state index is 12.3. The molecule has 20 heavy (non-hydrogen) atoms. The molecule has 1 aromatic carbocycles. The van der Waals surface area contributed by atoms with Crippen molar-refractivity contribution in [3.8, 4) is 0 Å². The van der Waals surface area contributed by atoms with E-state index in [4.69, 9.17) is 17.3 Å². The fraction of sp³-hybridized carbons (Fsp3) is 0.538. The van der Waals surface area contributed by atoms with E-state index < -0.39 is 10.0 Å². The molecular formula is C13H19ClN2O2S2. The van der Waals surface area contributed by atoms with E-state index in [9.17, 15) is 8.42 Å². The highest BCUT2D eigenvalue weighted by atomic mass is 35.5. The number of nitrogen functional groups attached to an aromatic ring is 1. The lowest BCUT2D eigenvalue weighted by Gasteiger charge is -2.26. The van der Waals surface area contributed by atoms with Crippen molar-refractivity contribution >= 4 is 39.1 Å². The molecule has 1 aliphatic rings. The van der Waals surface area contributed by atoms with Crippen LogP contribution in [0.5, 0.6) is 0 Å². The van der Waals surface area contributed by atoms with Gasteiger partial charge in [-0.05, 0) is 37.3 Å². The van der Waals surface area contributed by atoms with Gasteiger partial charge in [-0.2, -0.15) is 11.8 Å². The number of hydrogen-bond acceptors (Lipinski definition) is 4. The first-order chi connectivity index (χ1) is 9.38. The number of nitrogens with one attached hydrogen (secondary N) is 1. The van der Waals surface area contributed by atoms with E-state index in [0.717, 1.165) is 25.7 Å². The van der Waals surface area contributed by atoms with E-state index in [1.807, 2.05) is 6.26 Å². The summed E-state index contributed by atoms with van der Waals surface area (Å²) < 4.78 is 27.4. The molecule has 0 aromatic heterocycles. The molecule has 7 heteroatoms. The van der Waals surface area contributed by atoms with Crippen molar-refractivity contribution in [2.45, 2.75) is 35.3 Å². The average molecular weight is 335 g/mol. The lowest BCUT2D eigenvalue weighted by molar-refractivity contribution is 0.551. The first-order valence-electron chi connectivity index (χ1n) is 6.48. The standard InChI is InChI=1S/C13H19ClN2O2S2/c1-19-13(6-2-3-7-13)9-16-20(17,18)12-5-4-10(15)8-11(12)14/h4-5,8,16H,2-3,6-7,9,15H2,1H3. The van der Waals surface area contributed by atoms with Gasteiger partial charge in [0.15, 0.2) is 0 Å². The second kappa shape index (κ2) is 6.13. The topological polar surface area (TPSA) is 72.2 Å². The SMILES string of the molecule is CSC1(CNS(=O)(=O)c2ccc(N)cc2Cl)CCCC1. The van der Waals surface area contributed by atoms with Crippen molar-refractivity contribution in [1.29, 1.82) is 0 Å². The van der Waals surface area contributed by atoms with Gasteiger partial charge in [-0.3, -0.25) is 0 Å². The van der Waals surface area contributed by atoms with Crippen LogP contribution in [0, 0.1) is 0 Å². The second-order valence-electron chi connectivity index (χ2n) is 5.11. The van der Waals surface area contributed by atoms with Crippen LogP contribution >= 0.6 is 23.4 Å². The summed E-state index contributed by atoms with van der Waals surface area (Å²) in [5.41, 5.74) is 6.03. The van der Waals surface area contributed by atoms with Gasteiger partial charge in [0.2, 0.25) is 10.0 Å². The zero-order valence-electron chi connectivity index (χ0n) is 11.4. The van der Waals surface area contributed by atoms with Crippen molar-refractivity contribution in [1.82, 2.24) is 4.72 Å². The molecule has 112 valence electrons. The molecule has 0 atom stereocenters. The monoisotopic (exact) mass is 334 g/mol. The van der Waals surface area contributed by atoms with E-state index in [0.29, 0.717) is 12.2 Å². The van der Waals surface area contributed by atoms with Crippen LogP contribution in [0.25, 0.3) is 0 Å². The maximum absolute atomic E-state index is 12.3. The van der Waals surface area contributed by atoms with Crippen LogP contribution in [0.1, 0.15) is 25.7 Å². The summed E-state index contributed by atoms with van der Waals surface area (Å²) in [6, 6.07) is 4.44. The fourth-order valence-electron chi connectivity index (χ4n) is 2.51. The third kappa shape index (κ3) is 3.42. The molecule has 2 rings (SSSR count). The molecule has 1 aromatic rings. The summed E-state index contributed by atoms with van der Waals surface area (Å²) in [6.07, 6.45) is 6.45. The van der Waals surface area contributed by atoms with E-state index in [-0.39, 0.29) is 14.7 Å². The Morgan fingerprint density at radius 3 is 2.60 bits per heavy atom. The smallest absolute Gasteiger partial charge is 0.242 e. The van der Waals surface area contributed by atoms with Gasteiger partial charge in [-0.15, -0.1) is 0 Å².